The third-order valence-corrected chi connectivity index (χ3v) is 5.75. The third-order valence-electron chi connectivity index (χ3n) is 5.47. The summed E-state index contributed by atoms with van der Waals surface area (Å²) in [6.45, 7) is 0.196. The van der Waals surface area contributed by atoms with Crippen LogP contribution in [-0.2, 0) is 0 Å². The summed E-state index contributed by atoms with van der Waals surface area (Å²) in [6, 6.07) is 3.47. The zero-order valence-corrected chi connectivity index (χ0v) is 17.0. The number of piperidine rings is 1. The molecule has 1 aromatic carbocycles. The Hall–Kier alpha value is -3.34. The average molecular weight is 467 g/mol. The minimum Gasteiger partial charge on any atom is -0.359 e. The van der Waals surface area contributed by atoms with E-state index in [1.54, 1.807) is 4.90 Å². The first-order valence-corrected chi connectivity index (χ1v) is 10.0. The van der Waals surface area contributed by atoms with Gasteiger partial charge >= 0.3 is 0 Å². The molecule has 0 bridgehead atoms. The van der Waals surface area contributed by atoms with Crippen molar-refractivity contribution >= 4 is 50.9 Å². The number of nitrogens with one attached hydrogen (secondary N) is 3. The van der Waals surface area contributed by atoms with Crippen molar-refractivity contribution in [3.8, 4) is 0 Å². The molecule has 0 radical (unpaired) electrons. The lowest BCUT2D eigenvalue weighted by Crippen LogP contribution is -2.39. The Morgan fingerprint density at radius 1 is 1.12 bits per heavy atom. The second kappa shape index (κ2) is 7.37. The van der Waals surface area contributed by atoms with Crippen LogP contribution in [0.25, 0.3) is 21.9 Å². The minimum atomic E-state index is -2.71. The maximum atomic E-state index is 13.6. The van der Waals surface area contributed by atoms with Gasteiger partial charge in [0.2, 0.25) is 0 Å². The smallest absolute Gasteiger partial charge is 0.274 e. The van der Waals surface area contributed by atoms with Crippen molar-refractivity contribution in [1.29, 1.82) is 0 Å². The number of hydrogen-bond donors (Lipinski definition) is 3. The van der Waals surface area contributed by atoms with Gasteiger partial charge in [0.25, 0.3) is 11.8 Å². The molecule has 7 nitrogen and oxygen atoms in total. The van der Waals surface area contributed by atoms with Crippen LogP contribution in [0.15, 0.2) is 24.4 Å². The first-order valence-electron chi connectivity index (χ1n) is 9.67. The molecule has 0 spiro atoms. The number of aromatic amines is 2. The molecular weight excluding hydrogens is 452 g/mol. The molecule has 1 amide bonds. The van der Waals surface area contributed by atoms with E-state index >= 15 is 0 Å². The number of anilines is 2. The number of alkyl halides is 2. The number of carbonyl (C=O) groups is 1. The van der Waals surface area contributed by atoms with E-state index in [-0.39, 0.29) is 48.0 Å². The maximum Gasteiger partial charge on any atom is 0.274 e. The standard InChI is InChI=1S/C20H15ClF4N6O/c21-11-5-10-16(19(32)27-15-8-26-14-7-13(23)12(22)6-9(14)15)29-30-17(10)28-18(11)31-3-1-20(24,25)2-4-31/h5-8,26H,1-4H2,(H,27,32)(H,28,29,30). The summed E-state index contributed by atoms with van der Waals surface area (Å²) in [6.07, 6.45) is 0.814. The van der Waals surface area contributed by atoms with E-state index in [1.165, 1.54) is 12.3 Å². The van der Waals surface area contributed by atoms with Crippen LogP contribution in [0.1, 0.15) is 23.3 Å². The van der Waals surface area contributed by atoms with Gasteiger partial charge in [-0.15, -0.1) is 0 Å². The van der Waals surface area contributed by atoms with Gasteiger partial charge < -0.3 is 15.2 Å². The molecule has 32 heavy (non-hydrogen) atoms. The Kier molecular flexibility index (Phi) is 4.73. The normalized spacial score (nSPS) is 16.1. The molecule has 1 fully saturated rings. The molecule has 4 aromatic rings. The quantitative estimate of drug-likeness (QED) is 0.376. The topological polar surface area (TPSA) is 89.7 Å². The van der Waals surface area contributed by atoms with Gasteiger partial charge in [-0.1, -0.05) is 11.6 Å². The molecular formula is C20H15ClF4N6O. The van der Waals surface area contributed by atoms with Gasteiger partial charge in [0.05, 0.1) is 21.6 Å². The summed E-state index contributed by atoms with van der Waals surface area (Å²) in [5.41, 5.74) is 0.814. The number of aromatic nitrogens is 4. The van der Waals surface area contributed by atoms with Crippen LogP contribution in [0.3, 0.4) is 0 Å². The summed E-state index contributed by atoms with van der Waals surface area (Å²) in [5.74, 6) is -5.03. The first kappa shape index (κ1) is 20.6. The highest BCUT2D eigenvalue weighted by Gasteiger charge is 2.35. The summed E-state index contributed by atoms with van der Waals surface area (Å²) in [5, 5.41) is 10.1. The number of nitrogens with zero attached hydrogens (tertiary/aromatic N) is 3. The first-order chi connectivity index (χ1) is 15.2. The largest absolute Gasteiger partial charge is 0.359 e. The molecule has 3 N–H and O–H groups in total. The lowest BCUT2D eigenvalue weighted by atomic mass is 10.1. The molecule has 0 unspecified atom stereocenters. The number of benzene rings is 1. The highest BCUT2D eigenvalue weighted by molar-refractivity contribution is 6.34. The average Bonchev–Trinajstić information content (AvgIpc) is 3.32. The zero-order valence-electron chi connectivity index (χ0n) is 16.3. The van der Waals surface area contributed by atoms with E-state index < -0.39 is 23.5 Å². The molecule has 1 saturated heterocycles. The monoisotopic (exact) mass is 466 g/mol. The maximum absolute atomic E-state index is 13.6. The van der Waals surface area contributed by atoms with Crippen molar-refractivity contribution in [2.45, 2.75) is 18.8 Å². The Balaban J connectivity index is 1.43. The molecule has 166 valence electrons. The van der Waals surface area contributed by atoms with E-state index in [9.17, 15) is 22.4 Å². The van der Waals surface area contributed by atoms with Crippen LogP contribution in [0.5, 0.6) is 0 Å². The molecule has 0 aliphatic carbocycles. The Labute approximate surface area is 182 Å². The molecule has 4 heterocycles. The minimum absolute atomic E-state index is 0.0584. The lowest BCUT2D eigenvalue weighted by Gasteiger charge is -2.32. The number of hydrogen-bond acceptors (Lipinski definition) is 4. The summed E-state index contributed by atoms with van der Waals surface area (Å²) in [7, 11) is 0. The van der Waals surface area contributed by atoms with E-state index in [2.05, 4.69) is 25.5 Å². The third kappa shape index (κ3) is 3.52. The zero-order chi connectivity index (χ0) is 22.6. The molecule has 3 aromatic heterocycles. The van der Waals surface area contributed by atoms with Crippen LogP contribution >= 0.6 is 11.6 Å². The van der Waals surface area contributed by atoms with Crippen LogP contribution in [0, 0.1) is 11.6 Å². The van der Waals surface area contributed by atoms with Crippen molar-refractivity contribution in [2.75, 3.05) is 23.3 Å². The highest BCUT2D eigenvalue weighted by Crippen LogP contribution is 2.34. The van der Waals surface area contributed by atoms with Gasteiger partial charge in [-0.3, -0.25) is 9.89 Å². The second-order valence-corrected chi connectivity index (χ2v) is 7.98. The van der Waals surface area contributed by atoms with Gasteiger partial charge in [0, 0.05) is 43.6 Å². The van der Waals surface area contributed by atoms with Gasteiger partial charge in [0.1, 0.15) is 11.5 Å². The molecule has 12 heteroatoms. The van der Waals surface area contributed by atoms with Crippen molar-refractivity contribution in [2.24, 2.45) is 0 Å². The van der Waals surface area contributed by atoms with Crippen molar-refractivity contribution < 1.29 is 22.4 Å². The second-order valence-electron chi connectivity index (χ2n) is 7.57. The number of rotatable bonds is 3. The summed E-state index contributed by atoms with van der Waals surface area (Å²) >= 11 is 6.35. The van der Waals surface area contributed by atoms with Gasteiger partial charge in [-0.25, -0.2) is 22.5 Å². The lowest BCUT2D eigenvalue weighted by molar-refractivity contribution is -0.0221. The number of carbonyl (C=O) groups excluding carboxylic acids is 1. The number of amides is 1. The van der Waals surface area contributed by atoms with Crippen molar-refractivity contribution in [3.05, 3.63) is 46.7 Å². The van der Waals surface area contributed by atoms with Crippen LogP contribution in [0.2, 0.25) is 5.02 Å². The van der Waals surface area contributed by atoms with E-state index in [1.807, 2.05) is 0 Å². The van der Waals surface area contributed by atoms with Gasteiger partial charge in [0.15, 0.2) is 17.3 Å². The predicted molar refractivity (Wildman–Crippen MR) is 111 cm³/mol. The fourth-order valence-electron chi connectivity index (χ4n) is 3.75. The van der Waals surface area contributed by atoms with E-state index in [0.29, 0.717) is 22.1 Å². The van der Waals surface area contributed by atoms with E-state index in [4.69, 9.17) is 11.6 Å². The van der Waals surface area contributed by atoms with Crippen molar-refractivity contribution in [3.63, 3.8) is 0 Å². The molecule has 0 saturated carbocycles. The fraction of sp³-hybridized carbons (Fsp3) is 0.250. The SMILES string of the molecule is O=C(Nc1c[nH]c2cc(F)c(F)cc12)c1[nH]nc2nc(N3CCC(F)(F)CC3)c(Cl)cc12. The summed E-state index contributed by atoms with van der Waals surface area (Å²) < 4.78 is 53.9. The summed E-state index contributed by atoms with van der Waals surface area (Å²) in [4.78, 5) is 21.6. The molecule has 1 aliphatic heterocycles. The Morgan fingerprint density at radius 3 is 2.59 bits per heavy atom. The van der Waals surface area contributed by atoms with Crippen LogP contribution in [0.4, 0.5) is 29.1 Å². The van der Waals surface area contributed by atoms with Crippen molar-refractivity contribution in [1.82, 2.24) is 20.2 Å². The Bertz CT molecular complexity index is 1360. The van der Waals surface area contributed by atoms with Crippen LogP contribution < -0.4 is 10.2 Å². The molecule has 0 atom stereocenters. The van der Waals surface area contributed by atoms with Gasteiger partial charge in [-0.2, -0.15) is 5.10 Å². The number of halogens is 5. The Morgan fingerprint density at radius 2 is 1.84 bits per heavy atom. The van der Waals surface area contributed by atoms with Gasteiger partial charge in [-0.05, 0) is 12.1 Å². The van der Waals surface area contributed by atoms with Crippen LogP contribution in [-0.4, -0.2) is 45.1 Å². The number of pyridine rings is 1. The fourth-order valence-corrected chi connectivity index (χ4v) is 4.02. The van der Waals surface area contributed by atoms with E-state index in [0.717, 1.165) is 12.1 Å². The molecule has 1 aliphatic rings. The predicted octanol–water partition coefficient (Wildman–Crippen LogP) is 4.86. The number of H-pyrrole nitrogens is 2. The number of fused-ring (bicyclic) bond motifs is 2. The highest BCUT2D eigenvalue weighted by atomic mass is 35.5. The molecule has 5 rings (SSSR count).